The number of aliphatic carboxylic acids is 1. The fraction of sp³-hybridized carbons (Fsp3) is 0.550. The van der Waals surface area contributed by atoms with Crippen LogP contribution in [-0.2, 0) is 14.4 Å². The van der Waals surface area contributed by atoms with E-state index >= 15 is 0 Å². The van der Waals surface area contributed by atoms with Crippen molar-refractivity contribution in [1.82, 2.24) is 10.2 Å². The monoisotopic (exact) mass is 391 g/mol. The van der Waals surface area contributed by atoms with Crippen LogP contribution in [-0.4, -0.2) is 59.5 Å². The SMILES string of the molecule is CCN(CC(=O)O)C1CC(NC(=O)C2CC(=O)N(c3ccc(F)c(C)c3)C2)C1. The van der Waals surface area contributed by atoms with E-state index < -0.39 is 11.9 Å². The lowest BCUT2D eigenvalue weighted by Gasteiger charge is -2.42. The molecule has 0 bridgehead atoms. The van der Waals surface area contributed by atoms with E-state index in [2.05, 4.69) is 5.32 Å². The van der Waals surface area contributed by atoms with Crippen LogP contribution in [0.2, 0.25) is 0 Å². The van der Waals surface area contributed by atoms with Gasteiger partial charge in [0, 0.05) is 30.7 Å². The maximum Gasteiger partial charge on any atom is 0.317 e. The molecule has 1 aromatic carbocycles. The van der Waals surface area contributed by atoms with Gasteiger partial charge in [-0.15, -0.1) is 0 Å². The van der Waals surface area contributed by atoms with Gasteiger partial charge in [0.2, 0.25) is 11.8 Å². The molecule has 2 aliphatic rings. The van der Waals surface area contributed by atoms with Gasteiger partial charge in [0.25, 0.3) is 0 Å². The van der Waals surface area contributed by atoms with Crippen molar-refractivity contribution in [3.63, 3.8) is 0 Å². The molecule has 2 amide bonds. The Kier molecular flexibility index (Phi) is 5.98. The molecule has 2 fully saturated rings. The van der Waals surface area contributed by atoms with Gasteiger partial charge in [0.05, 0.1) is 12.5 Å². The Balaban J connectivity index is 1.52. The zero-order chi connectivity index (χ0) is 20.4. The Bertz CT molecular complexity index is 779. The molecule has 1 aliphatic heterocycles. The molecule has 1 heterocycles. The number of anilines is 1. The predicted molar refractivity (Wildman–Crippen MR) is 101 cm³/mol. The third-order valence-electron chi connectivity index (χ3n) is 5.67. The quantitative estimate of drug-likeness (QED) is 0.736. The highest BCUT2D eigenvalue weighted by Crippen LogP contribution is 2.29. The molecule has 1 saturated heterocycles. The largest absolute Gasteiger partial charge is 0.480 e. The number of carbonyl (C=O) groups is 3. The minimum atomic E-state index is -0.852. The van der Waals surface area contributed by atoms with Gasteiger partial charge >= 0.3 is 5.97 Å². The molecule has 1 aliphatic carbocycles. The molecule has 1 saturated carbocycles. The highest BCUT2D eigenvalue weighted by Gasteiger charge is 2.39. The van der Waals surface area contributed by atoms with Crippen molar-refractivity contribution >= 4 is 23.5 Å². The molecule has 0 spiro atoms. The fourth-order valence-corrected chi connectivity index (χ4v) is 3.93. The normalized spacial score (nSPS) is 24.4. The van der Waals surface area contributed by atoms with E-state index in [0.29, 0.717) is 30.6 Å². The van der Waals surface area contributed by atoms with Crippen LogP contribution in [0.5, 0.6) is 0 Å². The number of hydrogen-bond acceptors (Lipinski definition) is 4. The van der Waals surface area contributed by atoms with E-state index in [4.69, 9.17) is 5.11 Å². The van der Waals surface area contributed by atoms with E-state index in [1.54, 1.807) is 19.1 Å². The third kappa shape index (κ3) is 4.32. The Morgan fingerprint density at radius 1 is 1.36 bits per heavy atom. The van der Waals surface area contributed by atoms with Crippen LogP contribution in [0.15, 0.2) is 18.2 Å². The first kappa shape index (κ1) is 20.3. The number of amides is 2. The molecule has 1 unspecified atom stereocenters. The number of likely N-dealkylation sites (N-methyl/N-ethyl adjacent to an activating group) is 1. The lowest BCUT2D eigenvalue weighted by Crippen LogP contribution is -2.55. The van der Waals surface area contributed by atoms with Crippen LogP contribution >= 0.6 is 0 Å². The number of carbonyl (C=O) groups excluding carboxylic acids is 2. The molecule has 0 radical (unpaired) electrons. The number of benzene rings is 1. The maximum atomic E-state index is 13.5. The number of hydrogen-bond donors (Lipinski definition) is 2. The average molecular weight is 391 g/mol. The zero-order valence-corrected chi connectivity index (χ0v) is 16.2. The summed E-state index contributed by atoms with van der Waals surface area (Å²) in [6.45, 7) is 4.50. The zero-order valence-electron chi connectivity index (χ0n) is 16.2. The van der Waals surface area contributed by atoms with Crippen molar-refractivity contribution in [2.24, 2.45) is 5.92 Å². The van der Waals surface area contributed by atoms with Gasteiger partial charge in [0.15, 0.2) is 0 Å². The summed E-state index contributed by atoms with van der Waals surface area (Å²) in [5.41, 5.74) is 1.07. The molecule has 7 nitrogen and oxygen atoms in total. The molecule has 28 heavy (non-hydrogen) atoms. The molecule has 1 aromatic rings. The highest BCUT2D eigenvalue weighted by atomic mass is 19.1. The van der Waals surface area contributed by atoms with Gasteiger partial charge in [-0.1, -0.05) is 6.92 Å². The van der Waals surface area contributed by atoms with Gasteiger partial charge in [-0.2, -0.15) is 0 Å². The summed E-state index contributed by atoms with van der Waals surface area (Å²) in [5, 5.41) is 11.9. The third-order valence-corrected chi connectivity index (χ3v) is 5.67. The topological polar surface area (TPSA) is 90.0 Å². The van der Waals surface area contributed by atoms with E-state index in [-0.39, 0.29) is 49.2 Å². The van der Waals surface area contributed by atoms with Crippen molar-refractivity contribution in [1.29, 1.82) is 0 Å². The first-order chi connectivity index (χ1) is 13.3. The second kappa shape index (κ2) is 8.26. The van der Waals surface area contributed by atoms with Crippen LogP contribution in [0.25, 0.3) is 0 Å². The summed E-state index contributed by atoms with van der Waals surface area (Å²) in [7, 11) is 0. The minimum absolute atomic E-state index is 0.00497. The van der Waals surface area contributed by atoms with Gasteiger partial charge < -0.3 is 15.3 Å². The molecule has 1 atom stereocenters. The van der Waals surface area contributed by atoms with Gasteiger partial charge in [-0.05, 0) is 50.1 Å². The number of halogens is 1. The lowest BCUT2D eigenvalue weighted by atomic mass is 9.85. The molecule has 3 rings (SSSR count). The van der Waals surface area contributed by atoms with E-state index in [1.807, 2.05) is 11.8 Å². The van der Waals surface area contributed by atoms with Crippen molar-refractivity contribution < 1.29 is 23.9 Å². The summed E-state index contributed by atoms with van der Waals surface area (Å²) in [4.78, 5) is 39.2. The molecule has 2 N–H and O–H groups in total. The van der Waals surface area contributed by atoms with Crippen LogP contribution in [0, 0.1) is 18.7 Å². The number of carboxylic acids is 1. The van der Waals surface area contributed by atoms with Crippen LogP contribution < -0.4 is 10.2 Å². The second-order valence-electron chi connectivity index (χ2n) is 7.63. The lowest BCUT2D eigenvalue weighted by molar-refractivity contribution is -0.140. The Hall–Kier alpha value is -2.48. The summed E-state index contributed by atoms with van der Waals surface area (Å²) < 4.78 is 13.5. The summed E-state index contributed by atoms with van der Waals surface area (Å²) in [5.74, 6) is -1.91. The van der Waals surface area contributed by atoms with E-state index in [1.165, 1.54) is 11.0 Å². The van der Waals surface area contributed by atoms with Crippen molar-refractivity contribution in [3.05, 3.63) is 29.6 Å². The fourth-order valence-electron chi connectivity index (χ4n) is 3.93. The number of aryl methyl sites for hydroxylation is 1. The Labute approximate surface area is 163 Å². The van der Waals surface area contributed by atoms with Crippen LogP contribution in [0.4, 0.5) is 10.1 Å². The van der Waals surface area contributed by atoms with Gasteiger partial charge in [0.1, 0.15) is 5.82 Å². The highest BCUT2D eigenvalue weighted by molar-refractivity contribution is 6.00. The predicted octanol–water partition coefficient (Wildman–Crippen LogP) is 1.54. The Morgan fingerprint density at radius 3 is 2.68 bits per heavy atom. The summed E-state index contributed by atoms with van der Waals surface area (Å²) in [6, 6.07) is 4.68. The van der Waals surface area contributed by atoms with Crippen molar-refractivity contribution in [2.75, 3.05) is 24.5 Å². The smallest absolute Gasteiger partial charge is 0.317 e. The second-order valence-corrected chi connectivity index (χ2v) is 7.63. The van der Waals surface area contributed by atoms with Crippen molar-refractivity contribution in [2.45, 2.75) is 45.2 Å². The van der Waals surface area contributed by atoms with Gasteiger partial charge in [-0.3, -0.25) is 19.3 Å². The van der Waals surface area contributed by atoms with Gasteiger partial charge in [-0.25, -0.2) is 4.39 Å². The van der Waals surface area contributed by atoms with Crippen LogP contribution in [0.1, 0.15) is 31.7 Å². The van der Waals surface area contributed by atoms with Crippen LogP contribution in [0.3, 0.4) is 0 Å². The molecular weight excluding hydrogens is 365 g/mol. The number of nitrogens with zero attached hydrogens (tertiary/aromatic N) is 2. The average Bonchev–Trinajstić information content (AvgIpc) is 3.00. The number of nitrogens with one attached hydrogen (secondary N) is 1. The summed E-state index contributed by atoms with van der Waals surface area (Å²) >= 11 is 0. The minimum Gasteiger partial charge on any atom is -0.480 e. The molecule has 8 heteroatoms. The molecule has 0 aromatic heterocycles. The summed E-state index contributed by atoms with van der Waals surface area (Å²) in [6.07, 6.45) is 1.57. The Morgan fingerprint density at radius 2 is 2.07 bits per heavy atom. The standard InChI is InChI=1S/C20H26FN3O4/c1-3-23(11-19(26)27)16-8-14(9-16)22-20(28)13-7-18(25)24(10-13)15-4-5-17(21)12(2)6-15/h4-6,13-14,16H,3,7-11H2,1-2H3,(H,22,28)(H,26,27). The van der Waals surface area contributed by atoms with Crippen molar-refractivity contribution in [3.8, 4) is 0 Å². The number of rotatable bonds is 7. The van der Waals surface area contributed by atoms with E-state index in [9.17, 15) is 18.8 Å². The first-order valence-electron chi connectivity index (χ1n) is 9.61. The number of carboxylic acid groups (broad SMARTS) is 1. The first-order valence-corrected chi connectivity index (χ1v) is 9.61. The van der Waals surface area contributed by atoms with E-state index in [0.717, 1.165) is 0 Å². The molecular formula is C20H26FN3O4. The maximum absolute atomic E-state index is 13.5. The molecule has 152 valence electrons.